The highest BCUT2D eigenvalue weighted by molar-refractivity contribution is 7.11. The molecule has 1 fully saturated rings. The summed E-state index contributed by atoms with van der Waals surface area (Å²) in [6.07, 6.45) is 8.62. The van der Waals surface area contributed by atoms with Crippen LogP contribution in [0.15, 0.2) is 0 Å². The van der Waals surface area contributed by atoms with Crippen LogP contribution in [0, 0.1) is 13.8 Å². The quantitative estimate of drug-likeness (QED) is 0.802. The first kappa shape index (κ1) is 12.1. The summed E-state index contributed by atoms with van der Waals surface area (Å²) in [5.41, 5.74) is 7.72. The molecule has 1 heterocycles. The van der Waals surface area contributed by atoms with Gasteiger partial charge in [-0.1, -0.05) is 25.7 Å². The Labute approximate surface area is 102 Å². The van der Waals surface area contributed by atoms with Gasteiger partial charge in [-0.3, -0.25) is 0 Å². The van der Waals surface area contributed by atoms with Crippen molar-refractivity contribution in [3.05, 3.63) is 15.6 Å². The normalized spacial score (nSPS) is 20.7. The number of aromatic nitrogens is 1. The van der Waals surface area contributed by atoms with Gasteiger partial charge in [-0.05, 0) is 26.7 Å². The van der Waals surface area contributed by atoms with Gasteiger partial charge in [0.15, 0.2) is 0 Å². The van der Waals surface area contributed by atoms with Gasteiger partial charge in [0.1, 0.15) is 0 Å². The fraction of sp³-hybridized carbons (Fsp3) is 0.769. The predicted octanol–water partition coefficient (Wildman–Crippen LogP) is 3.35. The third-order valence-corrected chi connectivity index (χ3v) is 4.75. The van der Waals surface area contributed by atoms with Gasteiger partial charge in [-0.2, -0.15) is 0 Å². The number of thiazole rings is 1. The van der Waals surface area contributed by atoms with Gasteiger partial charge in [-0.25, -0.2) is 4.98 Å². The van der Waals surface area contributed by atoms with E-state index in [1.807, 2.05) is 11.3 Å². The van der Waals surface area contributed by atoms with Crippen molar-refractivity contribution in [2.24, 2.45) is 5.73 Å². The number of rotatable bonds is 2. The lowest BCUT2D eigenvalue weighted by Crippen LogP contribution is -2.41. The standard InChI is InChI=1S/C13H22N2S/c1-10-11(2)16-12(15-10)9-13(14)7-5-3-4-6-8-13/h3-9,14H2,1-2H3. The molecule has 2 nitrogen and oxygen atoms in total. The Balaban J connectivity index is 2.06. The maximum atomic E-state index is 6.52. The molecule has 16 heavy (non-hydrogen) atoms. The molecule has 0 aromatic carbocycles. The van der Waals surface area contributed by atoms with Crippen LogP contribution in [0.5, 0.6) is 0 Å². The summed E-state index contributed by atoms with van der Waals surface area (Å²) < 4.78 is 0. The molecule has 0 unspecified atom stereocenters. The molecule has 2 rings (SSSR count). The van der Waals surface area contributed by atoms with Gasteiger partial charge in [0, 0.05) is 16.8 Å². The molecule has 0 saturated heterocycles. The first-order chi connectivity index (χ1) is 7.59. The Morgan fingerprint density at radius 3 is 2.31 bits per heavy atom. The minimum absolute atomic E-state index is 0.0211. The minimum Gasteiger partial charge on any atom is -0.325 e. The molecule has 0 spiro atoms. The molecule has 3 heteroatoms. The van der Waals surface area contributed by atoms with E-state index < -0.39 is 0 Å². The fourth-order valence-corrected chi connectivity index (χ4v) is 3.61. The van der Waals surface area contributed by atoms with E-state index in [4.69, 9.17) is 5.73 Å². The molecule has 90 valence electrons. The zero-order valence-corrected chi connectivity index (χ0v) is 11.2. The van der Waals surface area contributed by atoms with Crippen LogP contribution in [0.4, 0.5) is 0 Å². The highest BCUT2D eigenvalue weighted by Gasteiger charge is 2.27. The van der Waals surface area contributed by atoms with E-state index in [2.05, 4.69) is 18.8 Å². The molecular weight excluding hydrogens is 216 g/mol. The highest BCUT2D eigenvalue weighted by atomic mass is 32.1. The number of nitrogens with two attached hydrogens (primary N) is 1. The molecule has 1 aliphatic carbocycles. The zero-order chi connectivity index (χ0) is 11.6. The lowest BCUT2D eigenvalue weighted by Gasteiger charge is -2.26. The summed E-state index contributed by atoms with van der Waals surface area (Å²) in [7, 11) is 0. The van der Waals surface area contributed by atoms with E-state index in [0.717, 1.165) is 6.42 Å². The molecule has 0 bridgehead atoms. The van der Waals surface area contributed by atoms with Crippen molar-refractivity contribution in [3.63, 3.8) is 0 Å². The maximum Gasteiger partial charge on any atom is 0.0949 e. The molecule has 0 radical (unpaired) electrons. The molecule has 0 atom stereocenters. The van der Waals surface area contributed by atoms with E-state index in [9.17, 15) is 0 Å². The van der Waals surface area contributed by atoms with E-state index in [0.29, 0.717) is 0 Å². The van der Waals surface area contributed by atoms with Gasteiger partial charge in [0.2, 0.25) is 0 Å². The lowest BCUT2D eigenvalue weighted by molar-refractivity contribution is 0.368. The van der Waals surface area contributed by atoms with Crippen molar-refractivity contribution in [2.75, 3.05) is 0 Å². The number of nitrogens with zero attached hydrogens (tertiary/aromatic N) is 1. The number of hydrogen-bond donors (Lipinski definition) is 1. The van der Waals surface area contributed by atoms with Crippen LogP contribution in [0.1, 0.15) is 54.1 Å². The van der Waals surface area contributed by atoms with Gasteiger partial charge in [-0.15, -0.1) is 11.3 Å². The summed E-state index contributed by atoms with van der Waals surface area (Å²) in [4.78, 5) is 5.96. The van der Waals surface area contributed by atoms with Crippen molar-refractivity contribution >= 4 is 11.3 Å². The van der Waals surface area contributed by atoms with Crippen LogP contribution < -0.4 is 5.73 Å². The largest absolute Gasteiger partial charge is 0.325 e. The van der Waals surface area contributed by atoms with Crippen molar-refractivity contribution in [2.45, 2.75) is 64.3 Å². The van der Waals surface area contributed by atoms with Crippen LogP contribution in [0.2, 0.25) is 0 Å². The van der Waals surface area contributed by atoms with Crippen LogP contribution >= 0.6 is 11.3 Å². The molecule has 1 aliphatic rings. The molecule has 1 aromatic rings. The van der Waals surface area contributed by atoms with Crippen LogP contribution in [-0.4, -0.2) is 10.5 Å². The van der Waals surface area contributed by atoms with Crippen LogP contribution in [0.25, 0.3) is 0 Å². The predicted molar refractivity (Wildman–Crippen MR) is 69.9 cm³/mol. The Morgan fingerprint density at radius 2 is 1.81 bits per heavy atom. The topological polar surface area (TPSA) is 38.9 Å². The smallest absolute Gasteiger partial charge is 0.0949 e. The monoisotopic (exact) mass is 238 g/mol. The van der Waals surface area contributed by atoms with Gasteiger partial charge >= 0.3 is 0 Å². The Hall–Kier alpha value is -0.410. The lowest BCUT2D eigenvalue weighted by atomic mass is 9.88. The number of aryl methyl sites for hydroxylation is 2. The summed E-state index contributed by atoms with van der Waals surface area (Å²) in [5.74, 6) is 0. The molecule has 0 aliphatic heterocycles. The average molecular weight is 238 g/mol. The molecule has 0 amide bonds. The highest BCUT2D eigenvalue weighted by Crippen LogP contribution is 2.30. The minimum atomic E-state index is 0.0211. The third kappa shape index (κ3) is 2.83. The van der Waals surface area contributed by atoms with Crippen LogP contribution in [0.3, 0.4) is 0 Å². The van der Waals surface area contributed by atoms with Crippen molar-refractivity contribution in [1.29, 1.82) is 0 Å². The number of hydrogen-bond acceptors (Lipinski definition) is 3. The summed E-state index contributed by atoms with van der Waals surface area (Å²) in [6, 6.07) is 0. The first-order valence-corrected chi connectivity index (χ1v) is 7.12. The Bertz CT molecular complexity index is 329. The van der Waals surface area contributed by atoms with Crippen LogP contribution in [-0.2, 0) is 6.42 Å². The maximum absolute atomic E-state index is 6.52. The molecule has 2 N–H and O–H groups in total. The first-order valence-electron chi connectivity index (χ1n) is 6.31. The van der Waals surface area contributed by atoms with E-state index in [-0.39, 0.29) is 5.54 Å². The van der Waals surface area contributed by atoms with Gasteiger partial charge in [0.25, 0.3) is 0 Å². The van der Waals surface area contributed by atoms with Crippen molar-refractivity contribution < 1.29 is 0 Å². The second kappa shape index (κ2) is 4.84. The Kier molecular flexibility index (Phi) is 3.65. The zero-order valence-electron chi connectivity index (χ0n) is 10.4. The average Bonchev–Trinajstić information content (AvgIpc) is 2.42. The summed E-state index contributed by atoms with van der Waals surface area (Å²) >= 11 is 1.82. The van der Waals surface area contributed by atoms with Gasteiger partial charge < -0.3 is 5.73 Å². The van der Waals surface area contributed by atoms with E-state index in [1.165, 1.54) is 54.1 Å². The van der Waals surface area contributed by atoms with E-state index >= 15 is 0 Å². The fourth-order valence-electron chi connectivity index (χ4n) is 2.53. The molecule has 1 saturated carbocycles. The second-order valence-electron chi connectivity index (χ2n) is 5.20. The van der Waals surface area contributed by atoms with E-state index in [1.54, 1.807) is 0 Å². The molecule has 1 aromatic heterocycles. The van der Waals surface area contributed by atoms with Crippen molar-refractivity contribution in [1.82, 2.24) is 4.98 Å². The molecular formula is C13H22N2S. The summed E-state index contributed by atoms with van der Waals surface area (Å²) in [6.45, 7) is 4.23. The van der Waals surface area contributed by atoms with Gasteiger partial charge in [0.05, 0.1) is 10.7 Å². The third-order valence-electron chi connectivity index (χ3n) is 3.68. The summed E-state index contributed by atoms with van der Waals surface area (Å²) in [5, 5.41) is 1.24. The second-order valence-corrected chi connectivity index (χ2v) is 6.49. The SMILES string of the molecule is Cc1nc(CC2(N)CCCCCC2)sc1C. The Morgan fingerprint density at radius 1 is 1.19 bits per heavy atom. The van der Waals surface area contributed by atoms with Crippen molar-refractivity contribution in [3.8, 4) is 0 Å².